The predicted molar refractivity (Wildman–Crippen MR) is 168 cm³/mol. The first-order chi connectivity index (χ1) is 20.1. The molecule has 3 aromatic carbocycles. The van der Waals surface area contributed by atoms with Crippen LogP contribution in [0.4, 0.5) is 0 Å². The molecule has 0 aromatic heterocycles. The van der Waals surface area contributed by atoms with E-state index in [1.807, 2.05) is 88.4 Å². The Bertz CT molecular complexity index is 1770. The van der Waals surface area contributed by atoms with Gasteiger partial charge in [0, 0.05) is 27.5 Å². The predicted octanol–water partition coefficient (Wildman–Crippen LogP) is 5.39. The average molecular weight is 573 g/mol. The molecule has 2 radical (unpaired) electrons. The van der Waals surface area contributed by atoms with Crippen molar-refractivity contribution in [1.29, 1.82) is 0 Å². The Morgan fingerprint density at radius 3 is 1.51 bits per heavy atom. The molecule has 7 nitrogen and oxygen atoms in total. The van der Waals surface area contributed by atoms with Gasteiger partial charge in [0.2, 0.25) is 0 Å². The molecule has 5 rings (SSSR count). The molecule has 0 atom stereocenters. The largest absolute Gasteiger partial charge is 0.714 e. The Hall–Kier alpha value is -4.72. The van der Waals surface area contributed by atoms with Crippen LogP contribution < -0.4 is 5.32 Å². The smallest absolute Gasteiger partial charge is 0.324 e. The highest BCUT2D eigenvalue weighted by molar-refractivity contribution is 5.97. The highest BCUT2D eigenvalue weighted by Crippen LogP contribution is 2.37. The van der Waals surface area contributed by atoms with Crippen LogP contribution in [0.25, 0.3) is 0 Å². The highest BCUT2D eigenvalue weighted by atomic mass is 16.5. The summed E-state index contributed by atoms with van der Waals surface area (Å²) in [7, 11) is 0. The second-order valence-electron chi connectivity index (χ2n) is 13.1. The summed E-state index contributed by atoms with van der Waals surface area (Å²) < 4.78 is 1.82. The number of benzene rings is 3. The van der Waals surface area contributed by atoms with Crippen molar-refractivity contribution in [1.82, 2.24) is 10.4 Å². The topological polar surface area (TPSA) is 89.4 Å². The average Bonchev–Trinajstić information content (AvgIpc) is 3.21. The second-order valence-corrected chi connectivity index (χ2v) is 13.1. The number of hydroxylamine groups is 4. The van der Waals surface area contributed by atoms with Crippen LogP contribution in [-0.4, -0.2) is 48.4 Å². The lowest BCUT2D eigenvalue weighted by Gasteiger charge is -2.32. The van der Waals surface area contributed by atoms with Crippen LogP contribution in [-0.2, 0) is 5.21 Å². The molecule has 0 saturated heterocycles. The molecule has 0 bridgehead atoms. The summed E-state index contributed by atoms with van der Waals surface area (Å²) in [5.74, 6) is 13.3. The van der Waals surface area contributed by atoms with Crippen LogP contribution in [0.5, 0.6) is 0 Å². The fourth-order valence-corrected chi connectivity index (χ4v) is 4.85. The van der Waals surface area contributed by atoms with E-state index in [-0.39, 0.29) is 5.84 Å². The summed E-state index contributed by atoms with van der Waals surface area (Å²) in [5, 5.41) is 44.2. The van der Waals surface area contributed by atoms with Crippen molar-refractivity contribution in [2.45, 2.75) is 77.5 Å². The molecule has 0 amide bonds. The molecule has 3 aromatic rings. The van der Waals surface area contributed by atoms with Gasteiger partial charge in [-0.05, 0) is 122 Å². The molecule has 0 unspecified atom stereocenters. The number of hydrogen-bond acceptors (Lipinski definition) is 3. The standard InChI is InChI=1S/C36H36N4O3/c1-33(2)34(3,4)38(41)31(37-33)29-20-16-25(17-21-29)12-14-27-10-9-11-28(24-27)15-13-26-18-22-30(23-19-26)32-39(42)35(5,6)36(7,8)40(32)43/h9-11,16-24H,1-8H3. The van der Waals surface area contributed by atoms with E-state index in [0.29, 0.717) is 11.4 Å². The minimum Gasteiger partial charge on any atom is -0.714 e. The first-order valence-electron chi connectivity index (χ1n) is 14.3. The maximum Gasteiger partial charge on any atom is 0.324 e. The molecule has 7 heteroatoms. The number of hydrogen-bond donors (Lipinski definition) is 0. The van der Waals surface area contributed by atoms with Gasteiger partial charge in [-0.3, -0.25) is 9.48 Å². The van der Waals surface area contributed by atoms with Gasteiger partial charge in [-0.1, -0.05) is 40.1 Å². The summed E-state index contributed by atoms with van der Waals surface area (Å²) in [6, 6.07) is 22.4. The molecule has 0 spiro atoms. The van der Waals surface area contributed by atoms with E-state index in [0.717, 1.165) is 42.4 Å². The van der Waals surface area contributed by atoms with Crippen molar-refractivity contribution in [3.63, 3.8) is 0 Å². The summed E-state index contributed by atoms with van der Waals surface area (Å²) in [5.41, 5.74) is 1.74. The molecule has 43 heavy (non-hydrogen) atoms. The van der Waals surface area contributed by atoms with Crippen LogP contribution in [0, 0.1) is 34.1 Å². The van der Waals surface area contributed by atoms with Gasteiger partial charge in [-0.25, -0.2) is 0 Å². The lowest BCUT2D eigenvalue weighted by molar-refractivity contribution is -0.539. The zero-order valence-electron chi connectivity index (χ0n) is 25.9. The summed E-state index contributed by atoms with van der Waals surface area (Å²) in [6.45, 7) is 14.9. The Balaban J connectivity index is 1.30. The third-order valence-corrected chi connectivity index (χ3v) is 9.33. The minimum absolute atomic E-state index is 0.114. The summed E-state index contributed by atoms with van der Waals surface area (Å²) >= 11 is 0. The normalized spacial score (nSPS) is 19.3. The van der Waals surface area contributed by atoms with E-state index in [1.165, 1.54) is 0 Å². The van der Waals surface area contributed by atoms with Gasteiger partial charge >= 0.3 is 11.7 Å². The second kappa shape index (κ2) is 10.2. The van der Waals surface area contributed by atoms with Gasteiger partial charge in [0.25, 0.3) is 0 Å². The van der Waals surface area contributed by atoms with Crippen molar-refractivity contribution >= 4 is 11.7 Å². The Labute approximate surface area is 254 Å². The van der Waals surface area contributed by atoms with Crippen molar-refractivity contribution in [2.75, 3.05) is 0 Å². The number of nitrogens with zero attached hydrogens (tertiary/aromatic N) is 4. The maximum atomic E-state index is 12.9. The highest BCUT2D eigenvalue weighted by Gasteiger charge is 2.60. The molecule has 2 heterocycles. The van der Waals surface area contributed by atoms with Gasteiger partial charge in [0.15, 0.2) is 11.1 Å². The van der Waals surface area contributed by atoms with E-state index >= 15 is 0 Å². The van der Waals surface area contributed by atoms with E-state index < -0.39 is 22.2 Å². The Morgan fingerprint density at radius 2 is 1.09 bits per heavy atom. The lowest BCUT2D eigenvalue weighted by Crippen LogP contribution is -2.53. The Kier molecular flexibility index (Phi) is 7.08. The molecule has 0 saturated carbocycles. The third kappa shape index (κ3) is 5.01. The van der Waals surface area contributed by atoms with Crippen molar-refractivity contribution in [3.8, 4) is 23.7 Å². The molecule has 0 aliphatic carbocycles. The number of amidine groups is 2. The van der Waals surface area contributed by atoms with Crippen molar-refractivity contribution in [3.05, 3.63) is 117 Å². The van der Waals surface area contributed by atoms with Crippen molar-refractivity contribution in [2.24, 2.45) is 0 Å². The first-order valence-corrected chi connectivity index (χ1v) is 14.3. The van der Waals surface area contributed by atoms with Crippen LogP contribution in [0.1, 0.15) is 88.8 Å². The summed E-state index contributed by atoms with van der Waals surface area (Å²) in [4.78, 5) is 0. The fourth-order valence-electron chi connectivity index (χ4n) is 4.85. The Morgan fingerprint density at radius 1 is 0.628 bits per heavy atom. The molecule has 0 fully saturated rings. The van der Waals surface area contributed by atoms with Gasteiger partial charge in [0.05, 0.1) is 11.1 Å². The third-order valence-electron chi connectivity index (χ3n) is 9.33. The van der Waals surface area contributed by atoms with Crippen LogP contribution in [0.3, 0.4) is 0 Å². The number of rotatable bonds is 2. The quantitative estimate of drug-likeness (QED) is 0.234. The van der Waals surface area contributed by atoms with Gasteiger partial charge in [0.1, 0.15) is 11.1 Å². The van der Waals surface area contributed by atoms with E-state index in [2.05, 4.69) is 29.0 Å². The zero-order valence-corrected chi connectivity index (χ0v) is 25.9. The molecule has 0 N–H and O–H groups in total. The fraction of sp³-hybridized carbons (Fsp3) is 0.333. The molecular weight excluding hydrogens is 536 g/mol. The minimum atomic E-state index is -0.862. The first kappa shape index (κ1) is 29.8. The molecule has 218 valence electrons. The van der Waals surface area contributed by atoms with Crippen LogP contribution >= 0.6 is 0 Å². The van der Waals surface area contributed by atoms with E-state index in [9.17, 15) is 15.6 Å². The van der Waals surface area contributed by atoms with Crippen molar-refractivity contribution < 1.29 is 14.7 Å². The van der Waals surface area contributed by atoms with Crippen LogP contribution in [0.15, 0.2) is 72.8 Å². The molecule has 2 aliphatic rings. The lowest BCUT2D eigenvalue weighted by atomic mass is 9.84. The monoisotopic (exact) mass is 572 g/mol. The van der Waals surface area contributed by atoms with E-state index in [1.54, 1.807) is 39.8 Å². The van der Waals surface area contributed by atoms with E-state index in [4.69, 9.17) is 0 Å². The summed E-state index contributed by atoms with van der Waals surface area (Å²) in [6.07, 6.45) is 0. The molecular formula is C36H36N4O3. The molecule has 2 aliphatic heterocycles. The van der Waals surface area contributed by atoms with Crippen LogP contribution in [0.2, 0.25) is 0 Å². The zero-order chi connectivity index (χ0) is 31.4. The van der Waals surface area contributed by atoms with Gasteiger partial charge < -0.3 is 10.4 Å². The maximum absolute atomic E-state index is 12.9. The van der Waals surface area contributed by atoms with Gasteiger partial charge in [-0.15, -0.1) is 0 Å². The SMILES string of the molecule is CC1(C)[N]C(c2ccc(C#Cc3cccc(C#Cc4ccc(C5=[N+]([O-])C(C)(C)C(C)(C)N5[O])cc4)c3)cc2)=[N+]([O-])C1(C)C. The van der Waals surface area contributed by atoms with Gasteiger partial charge in [-0.2, -0.15) is 0 Å².